The molecule has 0 unspecified atom stereocenters. The third-order valence-electron chi connectivity index (χ3n) is 4.00. The lowest BCUT2D eigenvalue weighted by Crippen LogP contribution is -1.91. The van der Waals surface area contributed by atoms with E-state index in [9.17, 15) is 0 Å². The first-order valence-electron chi connectivity index (χ1n) is 7.35. The molecule has 0 aliphatic rings. The lowest BCUT2D eigenvalue weighted by atomic mass is 9.96. The van der Waals surface area contributed by atoms with Crippen molar-refractivity contribution in [3.05, 3.63) is 78.9 Å². The lowest BCUT2D eigenvalue weighted by Gasteiger charge is -2.10. The van der Waals surface area contributed by atoms with Crippen molar-refractivity contribution in [1.29, 1.82) is 0 Å². The first kappa shape index (κ1) is 12.7. The Kier molecular flexibility index (Phi) is 2.94. The van der Waals surface area contributed by atoms with Gasteiger partial charge < -0.3 is 10.7 Å². The normalized spacial score (nSPS) is 10.9. The second-order valence-electron chi connectivity index (χ2n) is 5.40. The zero-order chi connectivity index (χ0) is 14.9. The van der Waals surface area contributed by atoms with Crippen molar-refractivity contribution in [3.63, 3.8) is 0 Å². The number of hydrogen-bond donors (Lipinski definition) is 2. The fourth-order valence-corrected chi connectivity index (χ4v) is 2.91. The number of benzene rings is 3. The summed E-state index contributed by atoms with van der Waals surface area (Å²) in [5.74, 6) is 0. The highest BCUT2D eigenvalue weighted by molar-refractivity contribution is 5.92. The van der Waals surface area contributed by atoms with Gasteiger partial charge in [0.25, 0.3) is 0 Å². The van der Waals surface area contributed by atoms with E-state index in [-0.39, 0.29) is 0 Å². The minimum atomic E-state index is 0.797. The highest BCUT2D eigenvalue weighted by Gasteiger charge is 2.11. The molecule has 0 saturated carbocycles. The minimum absolute atomic E-state index is 0.797. The molecule has 0 bridgehead atoms. The van der Waals surface area contributed by atoms with Gasteiger partial charge in [0.15, 0.2) is 0 Å². The van der Waals surface area contributed by atoms with E-state index < -0.39 is 0 Å². The first-order valence-corrected chi connectivity index (χ1v) is 7.35. The Morgan fingerprint density at radius 1 is 0.636 bits per heavy atom. The zero-order valence-electron chi connectivity index (χ0n) is 12.1. The molecule has 0 amide bonds. The van der Waals surface area contributed by atoms with Gasteiger partial charge in [-0.25, -0.2) is 0 Å². The molecule has 4 rings (SSSR count). The van der Waals surface area contributed by atoms with Crippen LogP contribution in [0.5, 0.6) is 0 Å². The maximum absolute atomic E-state index is 6.16. The SMILES string of the molecule is Nc1ccccc1-c1ccccc1-c1cc2ccccc2[nH]1. The molecular weight excluding hydrogens is 268 g/mol. The van der Waals surface area contributed by atoms with Gasteiger partial charge in [-0.1, -0.05) is 60.7 Å². The third-order valence-corrected chi connectivity index (χ3v) is 4.00. The van der Waals surface area contributed by atoms with Crippen molar-refractivity contribution >= 4 is 16.6 Å². The third kappa shape index (κ3) is 2.06. The largest absolute Gasteiger partial charge is 0.398 e. The molecule has 22 heavy (non-hydrogen) atoms. The highest BCUT2D eigenvalue weighted by atomic mass is 14.7. The number of H-pyrrole nitrogens is 1. The number of fused-ring (bicyclic) bond motifs is 1. The number of nitrogens with two attached hydrogens (primary N) is 1. The maximum atomic E-state index is 6.16. The summed E-state index contributed by atoms with van der Waals surface area (Å²) in [6.45, 7) is 0. The van der Waals surface area contributed by atoms with Gasteiger partial charge in [0.05, 0.1) is 0 Å². The van der Waals surface area contributed by atoms with Crippen LogP contribution in [-0.4, -0.2) is 4.98 Å². The molecule has 2 heteroatoms. The average Bonchev–Trinajstić information content (AvgIpc) is 2.99. The lowest BCUT2D eigenvalue weighted by molar-refractivity contribution is 1.45. The molecule has 0 aliphatic heterocycles. The fraction of sp³-hybridized carbons (Fsp3) is 0. The smallest absolute Gasteiger partial charge is 0.0471 e. The van der Waals surface area contributed by atoms with E-state index in [1.807, 2.05) is 30.3 Å². The summed E-state index contributed by atoms with van der Waals surface area (Å²) < 4.78 is 0. The van der Waals surface area contributed by atoms with Gasteiger partial charge in [-0.3, -0.25) is 0 Å². The number of hydrogen-bond acceptors (Lipinski definition) is 1. The first-order chi connectivity index (χ1) is 10.8. The molecule has 0 spiro atoms. The molecule has 1 aromatic heterocycles. The van der Waals surface area contributed by atoms with E-state index in [0.29, 0.717) is 0 Å². The van der Waals surface area contributed by atoms with Gasteiger partial charge >= 0.3 is 0 Å². The van der Waals surface area contributed by atoms with Gasteiger partial charge in [-0.2, -0.15) is 0 Å². The van der Waals surface area contributed by atoms with E-state index in [2.05, 4.69) is 53.5 Å². The van der Waals surface area contributed by atoms with E-state index in [4.69, 9.17) is 5.73 Å². The monoisotopic (exact) mass is 284 g/mol. The predicted molar refractivity (Wildman–Crippen MR) is 93.6 cm³/mol. The Labute approximate surface area is 129 Å². The molecule has 0 fully saturated rings. The van der Waals surface area contributed by atoms with Crippen LogP contribution in [0.15, 0.2) is 78.9 Å². The van der Waals surface area contributed by atoms with Crippen LogP contribution in [0.25, 0.3) is 33.3 Å². The van der Waals surface area contributed by atoms with Gasteiger partial charge in [0.2, 0.25) is 0 Å². The van der Waals surface area contributed by atoms with Crippen molar-refractivity contribution in [1.82, 2.24) is 4.98 Å². The fourth-order valence-electron chi connectivity index (χ4n) is 2.91. The van der Waals surface area contributed by atoms with Crippen LogP contribution in [0.4, 0.5) is 5.69 Å². The van der Waals surface area contributed by atoms with Gasteiger partial charge in [-0.05, 0) is 23.8 Å². The molecule has 3 aromatic carbocycles. The summed E-state index contributed by atoms with van der Waals surface area (Å²) in [6.07, 6.45) is 0. The summed E-state index contributed by atoms with van der Waals surface area (Å²) in [4.78, 5) is 3.50. The average molecular weight is 284 g/mol. The summed E-state index contributed by atoms with van der Waals surface area (Å²) >= 11 is 0. The molecule has 1 heterocycles. The topological polar surface area (TPSA) is 41.8 Å². The second-order valence-corrected chi connectivity index (χ2v) is 5.40. The van der Waals surface area contributed by atoms with Crippen molar-refractivity contribution in [2.75, 3.05) is 5.73 Å². The van der Waals surface area contributed by atoms with Crippen molar-refractivity contribution in [2.24, 2.45) is 0 Å². The predicted octanol–water partition coefficient (Wildman–Crippen LogP) is 5.08. The quantitative estimate of drug-likeness (QED) is 0.495. The molecule has 0 aliphatic carbocycles. The Morgan fingerprint density at radius 2 is 1.27 bits per heavy atom. The van der Waals surface area contributed by atoms with Crippen molar-refractivity contribution < 1.29 is 0 Å². The Hall–Kier alpha value is -3.00. The molecule has 0 radical (unpaired) electrons. The van der Waals surface area contributed by atoms with E-state index in [1.54, 1.807) is 0 Å². The van der Waals surface area contributed by atoms with Crippen LogP contribution in [0, 0.1) is 0 Å². The Balaban J connectivity index is 1.95. The standard InChI is InChI=1S/C20H16N2/c21-18-11-5-4-9-16(18)15-8-2-3-10-17(15)20-13-14-7-1-6-12-19(14)22-20/h1-13,22H,21H2. The van der Waals surface area contributed by atoms with Gasteiger partial charge in [0.1, 0.15) is 0 Å². The van der Waals surface area contributed by atoms with Crippen LogP contribution in [0.1, 0.15) is 0 Å². The highest BCUT2D eigenvalue weighted by Crippen LogP contribution is 2.35. The van der Waals surface area contributed by atoms with Gasteiger partial charge in [0, 0.05) is 33.4 Å². The zero-order valence-corrected chi connectivity index (χ0v) is 12.1. The molecule has 4 aromatic rings. The number of aromatic nitrogens is 1. The molecular formula is C20H16N2. The van der Waals surface area contributed by atoms with Crippen LogP contribution in [0.2, 0.25) is 0 Å². The van der Waals surface area contributed by atoms with E-state index >= 15 is 0 Å². The van der Waals surface area contributed by atoms with E-state index in [1.165, 1.54) is 5.39 Å². The molecule has 0 atom stereocenters. The number of para-hydroxylation sites is 2. The molecule has 0 saturated heterocycles. The number of nitrogen functional groups attached to an aromatic ring is 1. The molecule has 3 N–H and O–H groups in total. The summed E-state index contributed by atoms with van der Waals surface area (Å²) in [5, 5.41) is 1.22. The summed E-state index contributed by atoms with van der Waals surface area (Å²) in [6, 6.07) is 26.9. The second kappa shape index (κ2) is 5.08. The van der Waals surface area contributed by atoms with Crippen molar-refractivity contribution in [3.8, 4) is 22.4 Å². The number of aromatic amines is 1. The Bertz CT molecular complexity index is 918. The van der Waals surface area contributed by atoms with Crippen LogP contribution < -0.4 is 5.73 Å². The van der Waals surface area contributed by atoms with Crippen LogP contribution in [0.3, 0.4) is 0 Å². The summed E-state index contributed by atoms with van der Waals surface area (Å²) in [7, 11) is 0. The van der Waals surface area contributed by atoms with Crippen molar-refractivity contribution in [2.45, 2.75) is 0 Å². The number of rotatable bonds is 2. The van der Waals surface area contributed by atoms with E-state index in [0.717, 1.165) is 33.6 Å². The number of nitrogens with one attached hydrogen (secondary N) is 1. The van der Waals surface area contributed by atoms with Gasteiger partial charge in [-0.15, -0.1) is 0 Å². The number of anilines is 1. The van der Waals surface area contributed by atoms with Crippen LogP contribution in [-0.2, 0) is 0 Å². The minimum Gasteiger partial charge on any atom is -0.398 e. The molecule has 2 nitrogen and oxygen atoms in total. The Morgan fingerprint density at radius 3 is 2.05 bits per heavy atom. The molecule has 106 valence electrons. The summed E-state index contributed by atoms with van der Waals surface area (Å²) in [5.41, 5.74) is 12.6. The maximum Gasteiger partial charge on any atom is 0.0471 e. The van der Waals surface area contributed by atoms with Crippen LogP contribution >= 0.6 is 0 Å².